The highest BCUT2D eigenvalue weighted by atomic mass is 79.9. The Kier molecular flexibility index (Phi) is 5.48. The van der Waals surface area contributed by atoms with Gasteiger partial charge in [0.1, 0.15) is 0 Å². The summed E-state index contributed by atoms with van der Waals surface area (Å²) in [6.07, 6.45) is 5.69. The van der Waals surface area contributed by atoms with Crippen LogP contribution in [0.1, 0.15) is 23.2 Å². The summed E-state index contributed by atoms with van der Waals surface area (Å²) in [5.41, 5.74) is 2.35. The molecule has 0 bridgehead atoms. The molecular weight excluding hydrogens is 322 g/mol. The second-order valence-electron chi connectivity index (χ2n) is 4.56. The van der Waals surface area contributed by atoms with Crippen LogP contribution in [0.25, 0.3) is 0 Å². The fraction of sp³-hybridized carbons (Fsp3) is 0.429. The van der Waals surface area contributed by atoms with E-state index in [1.807, 2.05) is 19.3 Å². The normalized spacial score (nSPS) is 12.6. The molecule has 0 saturated carbocycles. The predicted octanol–water partition coefficient (Wildman–Crippen LogP) is 3.37. The van der Waals surface area contributed by atoms with Crippen LogP contribution in [-0.2, 0) is 12.8 Å². The summed E-state index contributed by atoms with van der Waals surface area (Å²) in [6.45, 7) is 5.15. The largest absolute Gasteiger partial charge is 0.314 e. The van der Waals surface area contributed by atoms with E-state index in [0.717, 1.165) is 29.6 Å². The van der Waals surface area contributed by atoms with Crippen molar-refractivity contribution in [1.82, 2.24) is 15.3 Å². The van der Waals surface area contributed by atoms with Gasteiger partial charge < -0.3 is 5.32 Å². The van der Waals surface area contributed by atoms with Crippen molar-refractivity contribution in [2.45, 2.75) is 32.7 Å². The molecule has 2 rings (SSSR count). The van der Waals surface area contributed by atoms with E-state index in [-0.39, 0.29) is 0 Å². The molecule has 5 heteroatoms. The Hall–Kier alpha value is -0.780. The number of likely N-dealkylation sites (N-methyl/N-ethyl adjacent to an activating group) is 1. The zero-order chi connectivity index (χ0) is 13.7. The van der Waals surface area contributed by atoms with E-state index in [1.54, 1.807) is 11.3 Å². The number of thiazole rings is 1. The summed E-state index contributed by atoms with van der Waals surface area (Å²) in [4.78, 5) is 8.77. The van der Waals surface area contributed by atoms with Crippen molar-refractivity contribution in [2.75, 3.05) is 6.54 Å². The van der Waals surface area contributed by atoms with Crippen molar-refractivity contribution in [3.63, 3.8) is 0 Å². The van der Waals surface area contributed by atoms with E-state index in [1.165, 1.54) is 10.6 Å². The van der Waals surface area contributed by atoms with Crippen molar-refractivity contribution in [1.29, 1.82) is 0 Å². The molecule has 0 aliphatic carbocycles. The second-order valence-corrected chi connectivity index (χ2v) is 6.42. The molecule has 0 aromatic carbocycles. The van der Waals surface area contributed by atoms with Crippen LogP contribution in [0.2, 0.25) is 0 Å². The average molecular weight is 340 g/mol. The van der Waals surface area contributed by atoms with Crippen LogP contribution >= 0.6 is 27.3 Å². The molecular formula is C14H18BrN3S. The molecule has 0 aliphatic rings. The minimum absolute atomic E-state index is 0.409. The molecule has 0 radical (unpaired) electrons. The molecule has 1 unspecified atom stereocenters. The van der Waals surface area contributed by atoms with Gasteiger partial charge in [0.25, 0.3) is 0 Å². The quantitative estimate of drug-likeness (QED) is 0.876. The highest BCUT2D eigenvalue weighted by molar-refractivity contribution is 9.10. The van der Waals surface area contributed by atoms with Crippen LogP contribution in [0, 0.1) is 6.92 Å². The third kappa shape index (κ3) is 4.67. The second kappa shape index (κ2) is 7.12. The van der Waals surface area contributed by atoms with Gasteiger partial charge in [-0.1, -0.05) is 6.92 Å². The van der Waals surface area contributed by atoms with Crippen LogP contribution in [0.5, 0.6) is 0 Å². The number of aryl methyl sites for hydroxylation is 1. The monoisotopic (exact) mass is 339 g/mol. The number of nitrogens with one attached hydrogen (secondary N) is 1. The van der Waals surface area contributed by atoms with Gasteiger partial charge in [-0.05, 0) is 47.4 Å². The van der Waals surface area contributed by atoms with Crippen LogP contribution in [-0.4, -0.2) is 22.6 Å². The van der Waals surface area contributed by atoms with Crippen molar-refractivity contribution in [2.24, 2.45) is 0 Å². The summed E-state index contributed by atoms with van der Waals surface area (Å²) in [5, 5.41) is 6.84. The van der Waals surface area contributed by atoms with Crippen LogP contribution in [0.4, 0.5) is 0 Å². The van der Waals surface area contributed by atoms with Gasteiger partial charge in [-0.15, -0.1) is 11.3 Å². The van der Waals surface area contributed by atoms with E-state index in [2.05, 4.69) is 49.6 Å². The van der Waals surface area contributed by atoms with Crippen molar-refractivity contribution >= 4 is 27.3 Å². The lowest BCUT2D eigenvalue weighted by Crippen LogP contribution is -2.33. The molecule has 0 fully saturated rings. The first-order chi connectivity index (χ1) is 9.17. The number of nitrogens with zero attached hydrogens (tertiary/aromatic N) is 2. The first-order valence-electron chi connectivity index (χ1n) is 6.41. The predicted molar refractivity (Wildman–Crippen MR) is 83.7 cm³/mol. The number of rotatable bonds is 6. The zero-order valence-corrected chi connectivity index (χ0v) is 13.6. The summed E-state index contributed by atoms with van der Waals surface area (Å²) in [7, 11) is 0. The van der Waals surface area contributed by atoms with Crippen LogP contribution in [0.15, 0.2) is 28.3 Å². The maximum absolute atomic E-state index is 4.55. The SMILES string of the molecule is CCNC(Cc1cncc(Br)c1)Cc1nc(C)cs1. The Morgan fingerprint density at radius 3 is 2.84 bits per heavy atom. The number of pyridine rings is 1. The van der Waals surface area contributed by atoms with Crippen molar-refractivity contribution < 1.29 is 0 Å². The standard InChI is InChI=1S/C14H18BrN3S/c1-3-17-13(6-14-18-10(2)9-19-14)5-11-4-12(15)8-16-7-11/h4,7-9,13,17H,3,5-6H2,1-2H3. The summed E-state index contributed by atoms with van der Waals surface area (Å²) in [5.74, 6) is 0. The zero-order valence-electron chi connectivity index (χ0n) is 11.2. The van der Waals surface area contributed by atoms with Gasteiger partial charge in [0.05, 0.1) is 5.01 Å². The molecule has 1 N–H and O–H groups in total. The van der Waals surface area contributed by atoms with Crippen molar-refractivity contribution in [3.8, 4) is 0 Å². The van der Waals surface area contributed by atoms with Crippen LogP contribution < -0.4 is 5.32 Å². The number of hydrogen-bond donors (Lipinski definition) is 1. The minimum Gasteiger partial charge on any atom is -0.314 e. The highest BCUT2D eigenvalue weighted by Crippen LogP contribution is 2.15. The molecule has 0 spiro atoms. The van der Waals surface area contributed by atoms with E-state index < -0.39 is 0 Å². The number of hydrogen-bond acceptors (Lipinski definition) is 4. The fourth-order valence-corrected chi connectivity index (χ4v) is 3.33. The molecule has 0 saturated heterocycles. The van der Waals surface area contributed by atoms with Gasteiger partial charge in [-0.25, -0.2) is 4.98 Å². The maximum atomic E-state index is 4.55. The Morgan fingerprint density at radius 1 is 1.37 bits per heavy atom. The first-order valence-corrected chi connectivity index (χ1v) is 8.08. The summed E-state index contributed by atoms with van der Waals surface area (Å²) < 4.78 is 1.03. The molecule has 2 aromatic rings. The minimum atomic E-state index is 0.409. The van der Waals surface area contributed by atoms with E-state index in [9.17, 15) is 0 Å². The summed E-state index contributed by atoms with van der Waals surface area (Å²) >= 11 is 5.21. The molecule has 102 valence electrons. The maximum Gasteiger partial charge on any atom is 0.0943 e. The van der Waals surface area contributed by atoms with E-state index in [0.29, 0.717) is 6.04 Å². The summed E-state index contributed by atoms with van der Waals surface area (Å²) in [6, 6.07) is 2.54. The highest BCUT2D eigenvalue weighted by Gasteiger charge is 2.12. The Bertz CT molecular complexity index is 527. The van der Waals surface area contributed by atoms with Gasteiger partial charge in [0, 0.05) is 40.4 Å². The van der Waals surface area contributed by atoms with Crippen LogP contribution in [0.3, 0.4) is 0 Å². The van der Waals surface area contributed by atoms with Gasteiger partial charge in [0.2, 0.25) is 0 Å². The number of halogens is 1. The topological polar surface area (TPSA) is 37.8 Å². The van der Waals surface area contributed by atoms with Gasteiger partial charge in [-0.3, -0.25) is 4.98 Å². The molecule has 2 heterocycles. The number of aromatic nitrogens is 2. The van der Waals surface area contributed by atoms with E-state index in [4.69, 9.17) is 0 Å². The van der Waals surface area contributed by atoms with Gasteiger partial charge >= 0.3 is 0 Å². The lowest BCUT2D eigenvalue weighted by molar-refractivity contribution is 0.519. The Labute approximate surface area is 126 Å². The van der Waals surface area contributed by atoms with Gasteiger partial charge in [-0.2, -0.15) is 0 Å². The molecule has 3 nitrogen and oxygen atoms in total. The van der Waals surface area contributed by atoms with E-state index >= 15 is 0 Å². The molecule has 2 aromatic heterocycles. The third-order valence-electron chi connectivity index (χ3n) is 2.82. The Balaban J connectivity index is 2.03. The average Bonchev–Trinajstić information content (AvgIpc) is 2.75. The fourth-order valence-electron chi connectivity index (χ4n) is 2.06. The molecule has 19 heavy (non-hydrogen) atoms. The van der Waals surface area contributed by atoms with Crippen molar-refractivity contribution in [3.05, 3.63) is 44.6 Å². The first kappa shape index (κ1) is 14.6. The van der Waals surface area contributed by atoms with Gasteiger partial charge in [0.15, 0.2) is 0 Å². The molecule has 1 atom stereocenters. The molecule has 0 amide bonds. The lowest BCUT2D eigenvalue weighted by atomic mass is 10.1. The molecule has 0 aliphatic heterocycles. The lowest BCUT2D eigenvalue weighted by Gasteiger charge is -2.16. The third-order valence-corrected chi connectivity index (χ3v) is 4.25. The Morgan fingerprint density at radius 2 is 2.21 bits per heavy atom. The smallest absolute Gasteiger partial charge is 0.0943 e.